The van der Waals surface area contributed by atoms with Crippen molar-refractivity contribution in [3.05, 3.63) is 131 Å². The highest BCUT2D eigenvalue weighted by Gasteiger charge is 2.31. The zero-order chi connectivity index (χ0) is 25.7. The van der Waals surface area contributed by atoms with Crippen molar-refractivity contribution in [2.45, 2.75) is 12.8 Å². The second-order valence-corrected chi connectivity index (χ2v) is 12.0. The minimum absolute atomic E-state index is 1.02. The third-order valence-electron chi connectivity index (χ3n) is 10.2. The van der Waals surface area contributed by atoms with E-state index in [4.69, 9.17) is 0 Å². The van der Waals surface area contributed by atoms with Gasteiger partial charge in [0.05, 0.1) is 0 Å². The molecule has 2 aliphatic rings. The van der Waals surface area contributed by atoms with Crippen LogP contribution in [0, 0.1) is 0 Å². The molecule has 0 saturated heterocycles. The Morgan fingerprint density at radius 1 is 0.300 bits per heavy atom. The molecule has 0 radical (unpaired) electrons. The molecule has 0 heteroatoms. The molecule has 9 aromatic rings. The van der Waals surface area contributed by atoms with Crippen molar-refractivity contribution in [2.75, 3.05) is 0 Å². The first-order valence-corrected chi connectivity index (χ1v) is 14.4. The highest BCUT2D eigenvalue weighted by Crippen LogP contribution is 2.52. The Morgan fingerprint density at radius 2 is 0.700 bits per heavy atom. The minimum atomic E-state index is 1.02. The van der Waals surface area contributed by atoms with Gasteiger partial charge < -0.3 is 0 Å². The summed E-state index contributed by atoms with van der Waals surface area (Å²) >= 11 is 0. The lowest BCUT2D eigenvalue weighted by molar-refractivity contribution is 1.18. The maximum Gasteiger partial charge on any atom is -0.000420 e. The Labute approximate surface area is 230 Å². The minimum Gasteiger partial charge on any atom is -0.0610 e. The summed E-state index contributed by atoms with van der Waals surface area (Å²) in [6, 6.07) is 41.8. The molecule has 0 amide bonds. The summed E-state index contributed by atoms with van der Waals surface area (Å²) in [6.45, 7) is 0. The van der Waals surface area contributed by atoms with Gasteiger partial charge in [-0.25, -0.2) is 0 Å². The van der Waals surface area contributed by atoms with Gasteiger partial charge in [-0.05, 0) is 134 Å². The number of hydrogen-bond acceptors (Lipinski definition) is 0. The zero-order valence-electron chi connectivity index (χ0n) is 21.8. The summed E-state index contributed by atoms with van der Waals surface area (Å²) in [4.78, 5) is 0. The highest BCUT2D eigenvalue weighted by atomic mass is 14.3. The van der Waals surface area contributed by atoms with Gasteiger partial charge >= 0.3 is 0 Å². The Hall–Kier alpha value is -4.94. The van der Waals surface area contributed by atoms with Crippen molar-refractivity contribution in [1.29, 1.82) is 0 Å². The van der Waals surface area contributed by atoms with Crippen molar-refractivity contribution in [3.8, 4) is 22.3 Å². The highest BCUT2D eigenvalue weighted by molar-refractivity contribution is 6.26. The molecule has 0 heterocycles. The molecule has 0 saturated carbocycles. The van der Waals surface area contributed by atoms with E-state index in [0.29, 0.717) is 0 Å². The number of hydrogen-bond donors (Lipinski definition) is 0. The van der Waals surface area contributed by atoms with Crippen LogP contribution in [0.1, 0.15) is 22.3 Å². The summed E-state index contributed by atoms with van der Waals surface area (Å²) in [5, 5.41) is 16.6. The van der Waals surface area contributed by atoms with Gasteiger partial charge in [0.15, 0.2) is 0 Å². The molecular formula is C40H22. The zero-order valence-corrected chi connectivity index (χ0v) is 21.8. The number of benzene rings is 9. The van der Waals surface area contributed by atoms with Crippen LogP contribution in [-0.2, 0) is 12.8 Å². The molecule has 0 N–H and O–H groups in total. The van der Waals surface area contributed by atoms with Crippen LogP contribution in [0.4, 0.5) is 0 Å². The van der Waals surface area contributed by atoms with E-state index in [1.807, 2.05) is 0 Å². The van der Waals surface area contributed by atoms with Crippen molar-refractivity contribution < 1.29 is 0 Å². The summed E-state index contributed by atoms with van der Waals surface area (Å²) < 4.78 is 0. The molecule has 0 unspecified atom stereocenters. The molecule has 0 spiro atoms. The summed E-state index contributed by atoms with van der Waals surface area (Å²) in [7, 11) is 0. The van der Waals surface area contributed by atoms with Crippen LogP contribution in [0.5, 0.6) is 0 Å². The lowest BCUT2D eigenvalue weighted by atomic mass is 9.89. The molecule has 0 atom stereocenters. The molecule has 0 fully saturated rings. The van der Waals surface area contributed by atoms with Crippen LogP contribution >= 0.6 is 0 Å². The Bertz CT molecular complexity index is 2370. The molecule has 182 valence electrons. The number of rotatable bonds is 0. The lowest BCUT2D eigenvalue weighted by Crippen LogP contribution is -1.92. The van der Waals surface area contributed by atoms with E-state index in [-0.39, 0.29) is 0 Å². The van der Waals surface area contributed by atoms with Gasteiger partial charge in [0.1, 0.15) is 0 Å². The van der Waals surface area contributed by atoms with Gasteiger partial charge in [-0.1, -0.05) is 97.1 Å². The quantitative estimate of drug-likeness (QED) is 0.181. The van der Waals surface area contributed by atoms with Crippen LogP contribution < -0.4 is 0 Å². The predicted molar refractivity (Wildman–Crippen MR) is 170 cm³/mol. The monoisotopic (exact) mass is 502 g/mol. The molecule has 0 aromatic heterocycles. The van der Waals surface area contributed by atoms with Crippen LogP contribution in [0.3, 0.4) is 0 Å². The van der Waals surface area contributed by atoms with Crippen molar-refractivity contribution in [2.24, 2.45) is 0 Å². The second-order valence-electron chi connectivity index (χ2n) is 12.0. The Morgan fingerprint density at radius 3 is 1.15 bits per heavy atom. The first-order valence-electron chi connectivity index (χ1n) is 14.4. The average molecular weight is 503 g/mol. The predicted octanol–water partition coefficient (Wildman–Crippen LogP) is 10.6. The fourth-order valence-electron chi connectivity index (χ4n) is 8.55. The van der Waals surface area contributed by atoms with E-state index in [2.05, 4.69) is 109 Å². The van der Waals surface area contributed by atoms with Crippen LogP contribution in [0.25, 0.3) is 86.9 Å². The van der Waals surface area contributed by atoms with E-state index >= 15 is 0 Å². The standard InChI is InChI=1S/C40H22/c1-3-21-7-9-25-17-31-27-15-16-28-32-18-26-10-8-22-4-2-6-24-12-14-30(40(26)38(22)24)36(32)20-34(28)33(27)19-35(31)29-13-11-23(5-1)37(21)39(25)29/h1-18H,19-20H2. The smallest absolute Gasteiger partial charge is 0.000420 e. The Balaban J connectivity index is 1.17. The normalized spacial score (nSPS) is 13.8. The molecule has 0 bridgehead atoms. The van der Waals surface area contributed by atoms with E-state index in [1.165, 1.54) is 98.0 Å². The SMILES string of the molecule is c1cc2ccc3cc4c(c5ccc(c1)c2c35)Cc1c-4ccc2c1Cc1c-2cc2ccc3cccc4ccc1c2c34. The van der Waals surface area contributed by atoms with Gasteiger partial charge in [0.2, 0.25) is 0 Å². The molecular weight excluding hydrogens is 480 g/mol. The van der Waals surface area contributed by atoms with Gasteiger partial charge in [-0.3, -0.25) is 0 Å². The molecule has 40 heavy (non-hydrogen) atoms. The van der Waals surface area contributed by atoms with E-state index in [1.54, 1.807) is 11.1 Å². The van der Waals surface area contributed by atoms with Gasteiger partial charge in [0, 0.05) is 0 Å². The fourth-order valence-corrected chi connectivity index (χ4v) is 8.55. The van der Waals surface area contributed by atoms with Crippen LogP contribution in [0.2, 0.25) is 0 Å². The molecule has 2 aliphatic carbocycles. The summed E-state index contributed by atoms with van der Waals surface area (Å²) in [5.41, 5.74) is 11.8. The maximum atomic E-state index is 2.47. The third-order valence-corrected chi connectivity index (χ3v) is 10.2. The van der Waals surface area contributed by atoms with E-state index in [0.717, 1.165) is 12.8 Å². The van der Waals surface area contributed by atoms with Crippen molar-refractivity contribution in [3.63, 3.8) is 0 Å². The summed E-state index contributed by atoms with van der Waals surface area (Å²) in [6.07, 6.45) is 2.04. The maximum absolute atomic E-state index is 2.47. The molecule has 11 rings (SSSR count). The van der Waals surface area contributed by atoms with Crippen molar-refractivity contribution >= 4 is 64.6 Å². The van der Waals surface area contributed by atoms with Crippen molar-refractivity contribution in [1.82, 2.24) is 0 Å². The largest absolute Gasteiger partial charge is 0.0610 e. The lowest BCUT2D eigenvalue weighted by Gasteiger charge is -2.14. The Kier molecular flexibility index (Phi) is 3.31. The van der Waals surface area contributed by atoms with Gasteiger partial charge in [0.25, 0.3) is 0 Å². The van der Waals surface area contributed by atoms with E-state index in [9.17, 15) is 0 Å². The summed E-state index contributed by atoms with van der Waals surface area (Å²) in [5.74, 6) is 0. The topological polar surface area (TPSA) is 0 Å². The van der Waals surface area contributed by atoms with E-state index < -0.39 is 0 Å². The van der Waals surface area contributed by atoms with Crippen LogP contribution in [-0.4, -0.2) is 0 Å². The molecule has 0 nitrogen and oxygen atoms in total. The first kappa shape index (κ1) is 20.0. The average Bonchev–Trinajstić information content (AvgIpc) is 3.57. The second kappa shape index (κ2) is 6.61. The molecule has 9 aromatic carbocycles. The first-order chi connectivity index (χ1) is 19.8. The van der Waals surface area contributed by atoms with Gasteiger partial charge in [-0.15, -0.1) is 0 Å². The fraction of sp³-hybridized carbons (Fsp3) is 0.0500. The number of fused-ring (bicyclic) bond motifs is 9. The van der Waals surface area contributed by atoms with Crippen LogP contribution in [0.15, 0.2) is 109 Å². The third kappa shape index (κ3) is 2.21. The molecule has 0 aliphatic heterocycles. The van der Waals surface area contributed by atoms with Gasteiger partial charge in [-0.2, -0.15) is 0 Å².